The van der Waals surface area contributed by atoms with Gasteiger partial charge in [0.25, 0.3) is 0 Å². The topological polar surface area (TPSA) is 59.2 Å². The fraction of sp³-hybridized carbons (Fsp3) is 0.389. The van der Waals surface area contributed by atoms with E-state index in [0.717, 1.165) is 43.5 Å². The summed E-state index contributed by atoms with van der Waals surface area (Å²) >= 11 is 3.25. The molecule has 1 aliphatic heterocycles. The Bertz CT molecular complexity index is 811. The number of rotatable bonds is 5. The standard InChI is InChI=1S/C18H19N3O2S2/c22-17(9-14-3-6-24-11-14)21-5-1-2-13(10-21)8-16-19-18(20-23-16)15-4-7-25-12-15/h3-4,6-7,11-13H,1-2,5,8-10H2/t13-/m0/s1. The van der Waals surface area contributed by atoms with Crippen LogP contribution in [0.2, 0.25) is 0 Å². The van der Waals surface area contributed by atoms with Crippen LogP contribution in [0.4, 0.5) is 0 Å². The van der Waals surface area contributed by atoms with Gasteiger partial charge in [-0.25, -0.2) is 0 Å². The molecule has 3 aromatic rings. The van der Waals surface area contributed by atoms with E-state index in [2.05, 4.69) is 10.1 Å². The predicted octanol–water partition coefficient (Wildman–Crippen LogP) is 3.88. The molecule has 130 valence electrons. The lowest BCUT2D eigenvalue weighted by molar-refractivity contribution is -0.132. The molecule has 1 atom stereocenters. The highest BCUT2D eigenvalue weighted by Gasteiger charge is 2.25. The molecule has 1 amide bonds. The van der Waals surface area contributed by atoms with E-state index >= 15 is 0 Å². The molecule has 3 aromatic heterocycles. The molecule has 0 spiro atoms. The highest BCUT2D eigenvalue weighted by molar-refractivity contribution is 7.08. The van der Waals surface area contributed by atoms with Crippen molar-refractivity contribution in [2.75, 3.05) is 13.1 Å². The van der Waals surface area contributed by atoms with E-state index < -0.39 is 0 Å². The molecule has 5 nitrogen and oxygen atoms in total. The molecular weight excluding hydrogens is 354 g/mol. The van der Waals surface area contributed by atoms with E-state index in [9.17, 15) is 4.79 Å². The average molecular weight is 374 g/mol. The van der Waals surface area contributed by atoms with Crippen molar-refractivity contribution < 1.29 is 9.32 Å². The number of carbonyl (C=O) groups excluding carboxylic acids is 1. The van der Waals surface area contributed by atoms with Crippen molar-refractivity contribution in [3.63, 3.8) is 0 Å². The van der Waals surface area contributed by atoms with E-state index in [1.807, 2.05) is 38.6 Å². The number of likely N-dealkylation sites (tertiary alicyclic amines) is 1. The second-order valence-corrected chi connectivity index (χ2v) is 7.94. The van der Waals surface area contributed by atoms with Crippen molar-refractivity contribution >= 4 is 28.6 Å². The third kappa shape index (κ3) is 3.99. The third-order valence-electron chi connectivity index (χ3n) is 4.52. The van der Waals surface area contributed by atoms with Crippen LogP contribution in [0.1, 0.15) is 24.3 Å². The Labute approximate surface area is 154 Å². The first-order valence-corrected chi connectivity index (χ1v) is 10.3. The van der Waals surface area contributed by atoms with E-state index in [-0.39, 0.29) is 5.91 Å². The van der Waals surface area contributed by atoms with Crippen LogP contribution in [0.15, 0.2) is 38.2 Å². The van der Waals surface area contributed by atoms with Gasteiger partial charge in [0.2, 0.25) is 17.6 Å². The Kier molecular flexibility index (Phi) is 4.94. The molecular formula is C18H19N3O2S2. The van der Waals surface area contributed by atoms with Gasteiger partial charge in [0.1, 0.15) is 0 Å². The summed E-state index contributed by atoms with van der Waals surface area (Å²) in [6, 6.07) is 4.01. The normalized spacial score (nSPS) is 17.8. The van der Waals surface area contributed by atoms with Crippen LogP contribution < -0.4 is 0 Å². The van der Waals surface area contributed by atoms with E-state index in [1.165, 1.54) is 0 Å². The molecule has 1 saturated heterocycles. The Balaban J connectivity index is 1.36. The quantitative estimate of drug-likeness (QED) is 0.681. The fourth-order valence-electron chi connectivity index (χ4n) is 3.23. The molecule has 0 aliphatic carbocycles. The van der Waals surface area contributed by atoms with Gasteiger partial charge in [-0.2, -0.15) is 27.7 Å². The maximum atomic E-state index is 12.5. The van der Waals surface area contributed by atoms with Gasteiger partial charge in [0, 0.05) is 30.5 Å². The number of thiophene rings is 2. The van der Waals surface area contributed by atoms with Gasteiger partial charge in [0.05, 0.1) is 6.42 Å². The highest BCUT2D eigenvalue weighted by atomic mass is 32.1. The number of aromatic nitrogens is 2. The van der Waals surface area contributed by atoms with Gasteiger partial charge in [-0.3, -0.25) is 4.79 Å². The van der Waals surface area contributed by atoms with Crippen LogP contribution in [-0.2, 0) is 17.6 Å². The zero-order chi connectivity index (χ0) is 17.1. The van der Waals surface area contributed by atoms with Gasteiger partial charge < -0.3 is 9.42 Å². The lowest BCUT2D eigenvalue weighted by atomic mass is 9.94. The summed E-state index contributed by atoms with van der Waals surface area (Å²) in [7, 11) is 0. The Hall–Kier alpha value is -1.99. The van der Waals surface area contributed by atoms with Crippen molar-refractivity contribution in [3.05, 3.63) is 45.1 Å². The third-order valence-corrected chi connectivity index (χ3v) is 5.93. The fourth-order valence-corrected chi connectivity index (χ4v) is 4.53. The van der Waals surface area contributed by atoms with Crippen LogP contribution in [0.3, 0.4) is 0 Å². The number of hydrogen-bond acceptors (Lipinski definition) is 6. The van der Waals surface area contributed by atoms with E-state index in [4.69, 9.17) is 4.52 Å². The molecule has 4 rings (SSSR count). The van der Waals surface area contributed by atoms with Gasteiger partial charge in [0.15, 0.2) is 0 Å². The Morgan fingerprint density at radius 2 is 2.16 bits per heavy atom. The monoisotopic (exact) mass is 373 g/mol. The van der Waals surface area contributed by atoms with Crippen molar-refractivity contribution in [2.45, 2.75) is 25.7 Å². The lowest BCUT2D eigenvalue weighted by Gasteiger charge is -2.32. The van der Waals surface area contributed by atoms with Gasteiger partial charge in [-0.1, -0.05) is 5.16 Å². The molecule has 0 aromatic carbocycles. The summed E-state index contributed by atoms with van der Waals surface area (Å²) in [6.07, 6.45) is 3.36. The van der Waals surface area contributed by atoms with Gasteiger partial charge >= 0.3 is 0 Å². The zero-order valence-electron chi connectivity index (χ0n) is 13.8. The second-order valence-electron chi connectivity index (χ2n) is 6.38. The minimum Gasteiger partial charge on any atom is -0.342 e. The van der Waals surface area contributed by atoms with Crippen molar-refractivity contribution in [1.29, 1.82) is 0 Å². The second kappa shape index (κ2) is 7.49. The Morgan fingerprint density at radius 3 is 2.96 bits per heavy atom. The first-order valence-electron chi connectivity index (χ1n) is 8.42. The van der Waals surface area contributed by atoms with E-state index in [0.29, 0.717) is 24.1 Å². The molecule has 0 saturated carbocycles. The average Bonchev–Trinajstić information content (AvgIpc) is 3.37. The first kappa shape index (κ1) is 16.5. The minimum atomic E-state index is 0.215. The molecule has 1 fully saturated rings. The van der Waals surface area contributed by atoms with Crippen molar-refractivity contribution in [1.82, 2.24) is 15.0 Å². The highest BCUT2D eigenvalue weighted by Crippen LogP contribution is 2.23. The summed E-state index contributed by atoms with van der Waals surface area (Å²) in [5.74, 6) is 1.92. The molecule has 0 N–H and O–H groups in total. The smallest absolute Gasteiger partial charge is 0.227 e. The number of hydrogen-bond donors (Lipinski definition) is 0. The van der Waals surface area contributed by atoms with Crippen LogP contribution >= 0.6 is 22.7 Å². The largest absolute Gasteiger partial charge is 0.342 e. The molecule has 0 radical (unpaired) electrons. The predicted molar refractivity (Wildman–Crippen MR) is 98.6 cm³/mol. The van der Waals surface area contributed by atoms with Gasteiger partial charge in [-0.05, 0) is 52.6 Å². The van der Waals surface area contributed by atoms with E-state index in [1.54, 1.807) is 22.7 Å². The summed E-state index contributed by atoms with van der Waals surface area (Å²) in [6.45, 7) is 1.63. The summed E-state index contributed by atoms with van der Waals surface area (Å²) in [5, 5.41) is 12.1. The molecule has 4 heterocycles. The maximum absolute atomic E-state index is 12.5. The first-order chi connectivity index (χ1) is 12.3. The number of amides is 1. The molecule has 1 aliphatic rings. The van der Waals surface area contributed by atoms with Gasteiger partial charge in [-0.15, -0.1) is 0 Å². The molecule has 0 unspecified atom stereocenters. The molecule has 25 heavy (non-hydrogen) atoms. The number of nitrogens with zero attached hydrogens (tertiary/aromatic N) is 3. The van der Waals surface area contributed by atoms with Crippen LogP contribution in [0.25, 0.3) is 11.4 Å². The lowest BCUT2D eigenvalue weighted by Crippen LogP contribution is -2.41. The van der Waals surface area contributed by atoms with Crippen LogP contribution in [-0.4, -0.2) is 34.0 Å². The summed E-state index contributed by atoms with van der Waals surface area (Å²) in [5.41, 5.74) is 2.10. The van der Waals surface area contributed by atoms with Crippen molar-refractivity contribution in [3.8, 4) is 11.4 Å². The SMILES string of the molecule is O=C(Cc1ccsc1)N1CCC[C@@H](Cc2nc(-c3ccsc3)no2)C1. The minimum absolute atomic E-state index is 0.215. The van der Waals surface area contributed by atoms with Crippen LogP contribution in [0, 0.1) is 5.92 Å². The van der Waals surface area contributed by atoms with Crippen LogP contribution in [0.5, 0.6) is 0 Å². The number of carbonyl (C=O) groups is 1. The Morgan fingerprint density at radius 1 is 1.28 bits per heavy atom. The summed E-state index contributed by atoms with van der Waals surface area (Å²) < 4.78 is 5.41. The summed E-state index contributed by atoms with van der Waals surface area (Å²) in [4.78, 5) is 19.0. The molecule has 7 heteroatoms. The van der Waals surface area contributed by atoms with Crippen molar-refractivity contribution in [2.24, 2.45) is 5.92 Å². The maximum Gasteiger partial charge on any atom is 0.227 e. The number of piperidine rings is 1. The zero-order valence-corrected chi connectivity index (χ0v) is 15.4. The molecule has 0 bridgehead atoms.